The Labute approximate surface area is 731 Å². The molecule has 15 aromatic carbocycles. The van der Waals surface area contributed by atoms with E-state index in [4.69, 9.17) is 0 Å². The summed E-state index contributed by atoms with van der Waals surface area (Å²) in [7, 11) is 0. The second-order valence-corrected chi connectivity index (χ2v) is 41.8. The van der Waals surface area contributed by atoms with Crippen molar-refractivity contribution in [3.05, 3.63) is 360 Å². The van der Waals surface area contributed by atoms with Crippen LogP contribution >= 0.6 is 0 Å². The number of hydrogen-bond donors (Lipinski definition) is 0. The molecule has 6 aromatic heterocycles. The van der Waals surface area contributed by atoms with Crippen molar-refractivity contribution in [2.75, 3.05) is 0 Å². The van der Waals surface area contributed by atoms with Gasteiger partial charge in [-0.15, -0.1) is 0 Å². The second kappa shape index (κ2) is 29.4. The van der Waals surface area contributed by atoms with E-state index >= 15 is 0 Å². The highest BCUT2D eigenvalue weighted by Gasteiger charge is 2.34. The lowest BCUT2D eigenvalue weighted by molar-refractivity contribution is 0.584. The topological polar surface area (TPSA) is 29.6 Å². The monoisotopic (exact) mass is 1620 g/mol. The summed E-state index contributed by atoms with van der Waals surface area (Å²) in [4.78, 5) is 0. The summed E-state index contributed by atoms with van der Waals surface area (Å²) >= 11 is 0. The molecule has 0 radical (unpaired) electrons. The number of rotatable bonds is 6. The first-order valence-corrected chi connectivity index (χ1v) is 44.6. The zero-order valence-corrected chi connectivity index (χ0v) is 76.3. The normalized spacial score (nSPS) is 12.9. The molecule has 0 fully saturated rings. The Morgan fingerprint density at radius 3 is 0.597 bits per heavy atom. The summed E-state index contributed by atoms with van der Waals surface area (Å²) in [6, 6.07) is 119. The molecule has 0 aliphatic rings. The molecule has 0 N–H and O–H groups in total. The molecule has 6 heterocycles. The van der Waals surface area contributed by atoms with Crippen LogP contribution in [-0.4, -0.2) is 27.4 Å². The summed E-state index contributed by atoms with van der Waals surface area (Å²) in [5, 5.41) is 15.6. The van der Waals surface area contributed by atoms with E-state index in [9.17, 15) is 0 Å². The van der Waals surface area contributed by atoms with Crippen LogP contribution in [0.2, 0.25) is 0 Å². The van der Waals surface area contributed by atoms with Crippen LogP contribution in [0.15, 0.2) is 322 Å². The molecule has 0 aliphatic carbocycles. The Balaban J connectivity index is 0.000000125. The summed E-state index contributed by atoms with van der Waals surface area (Å²) < 4.78 is 15.0. The van der Waals surface area contributed by atoms with Crippen molar-refractivity contribution < 1.29 is 0 Å². The van der Waals surface area contributed by atoms with Gasteiger partial charge in [-0.3, -0.25) is 0 Å². The fourth-order valence-corrected chi connectivity index (χ4v) is 20.1. The van der Waals surface area contributed by atoms with Gasteiger partial charge >= 0.3 is 0 Å². The molecular formula is C118H116N6. The van der Waals surface area contributed by atoms with Crippen LogP contribution in [-0.2, 0) is 37.9 Å². The zero-order chi connectivity index (χ0) is 86.8. The van der Waals surface area contributed by atoms with Gasteiger partial charge in [-0.05, 0) is 194 Å². The molecule has 0 aliphatic heterocycles. The first-order valence-electron chi connectivity index (χ1n) is 44.6. The molecule has 0 saturated heterocycles. The van der Waals surface area contributed by atoms with Gasteiger partial charge in [0.05, 0.1) is 94.6 Å². The van der Waals surface area contributed by atoms with Crippen molar-refractivity contribution in [2.45, 2.75) is 183 Å². The van der Waals surface area contributed by atoms with Gasteiger partial charge in [-0.1, -0.05) is 333 Å². The highest BCUT2D eigenvalue weighted by atomic mass is 15.1. The lowest BCUT2D eigenvalue weighted by Crippen LogP contribution is -2.19. The quantitative estimate of drug-likeness (QED) is 0.159. The molecule has 124 heavy (non-hydrogen) atoms. The van der Waals surface area contributed by atoms with Gasteiger partial charge in [0, 0.05) is 87.0 Å². The Morgan fingerprint density at radius 2 is 0.355 bits per heavy atom. The highest BCUT2D eigenvalue weighted by molar-refractivity contribution is 6.16. The smallest absolute Gasteiger partial charge is 0.0599 e. The summed E-state index contributed by atoms with van der Waals surface area (Å²) in [6.45, 7) is 48.9. The molecule has 618 valence electrons. The molecule has 0 amide bonds. The van der Waals surface area contributed by atoms with Crippen molar-refractivity contribution >= 4 is 131 Å². The summed E-state index contributed by atoms with van der Waals surface area (Å²) in [5.74, 6) is 0. The van der Waals surface area contributed by atoms with Crippen molar-refractivity contribution in [3.63, 3.8) is 0 Å². The van der Waals surface area contributed by atoms with E-state index in [0.717, 1.165) is 0 Å². The predicted octanol–water partition coefficient (Wildman–Crippen LogP) is 32.7. The fourth-order valence-electron chi connectivity index (χ4n) is 20.1. The first kappa shape index (κ1) is 80.8. The maximum absolute atomic E-state index is 2.55. The van der Waals surface area contributed by atoms with Crippen LogP contribution in [0, 0.1) is 0 Å². The van der Waals surface area contributed by atoms with Crippen molar-refractivity contribution in [1.29, 1.82) is 0 Å². The van der Waals surface area contributed by atoms with E-state index in [1.165, 1.54) is 204 Å². The third kappa shape index (κ3) is 13.5. The minimum atomic E-state index is -0.162. The number of fused-ring (bicyclic) bond motifs is 18. The van der Waals surface area contributed by atoms with Crippen LogP contribution in [0.3, 0.4) is 0 Å². The van der Waals surface area contributed by atoms with E-state index in [0.29, 0.717) is 0 Å². The maximum atomic E-state index is 2.55. The summed E-state index contributed by atoms with van der Waals surface area (Å²) in [6.07, 6.45) is 0. The highest BCUT2D eigenvalue weighted by Crippen LogP contribution is 2.49. The molecule has 0 bridgehead atoms. The van der Waals surface area contributed by atoms with Gasteiger partial charge in [-0.25, -0.2) is 0 Å². The predicted molar refractivity (Wildman–Crippen MR) is 536 cm³/mol. The van der Waals surface area contributed by atoms with Gasteiger partial charge in [0.25, 0.3) is 0 Å². The Kier molecular flexibility index (Phi) is 19.2. The van der Waals surface area contributed by atoms with Gasteiger partial charge in [-0.2, -0.15) is 0 Å². The standard InChI is InChI=1S/C50H60N2.2C34H28N2/c1-46(2,3)31-19-23-39-35(27-31)36-28-32(47(4,5)6)20-24-40(36)51(39)43-17-16-18-44(45(43)50(13,14)15)52-41-25-21-33(48(7,8)9)29-37(41)38-30-34(49(10,11)12)22-26-42(38)52;1-34(2,3)33-31(35-27-17-8-4-13-23(27)24-14-5-9-18-28(24)35)21-12-22-32(33)36-29-19-10-6-15-25(29)26-16-7-11-20-30(26)36;1-34(2,3)32-31(36-29-19-11-7-15-24(29)25-16-8-12-20-30(25)36)22-21-27-26-17-9-10-18-28(26)35(33(27)32)23-13-5-4-6-14-23/h16-30H,1-15H3;2*4-22H,1-3H3. The lowest BCUT2D eigenvalue weighted by Gasteiger charge is -2.29. The van der Waals surface area contributed by atoms with Gasteiger partial charge in [0.15, 0.2) is 0 Å². The number of nitrogens with zero attached hydrogens (tertiary/aromatic N) is 6. The molecule has 0 atom stereocenters. The average molecular weight is 1620 g/mol. The van der Waals surface area contributed by atoms with Gasteiger partial charge in [0.1, 0.15) is 0 Å². The first-order chi connectivity index (χ1) is 59.0. The molecular weight excluding hydrogens is 1500 g/mol. The van der Waals surface area contributed by atoms with E-state index in [-0.39, 0.29) is 37.9 Å². The van der Waals surface area contributed by atoms with Crippen LogP contribution in [0.25, 0.3) is 165 Å². The Bertz CT molecular complexity index is 7210. The summed E-state index contributed by atoms with van der Waals surface area (Å²) in [5.41, 5.74) is 31.7. The van der Waals surface area contributed by atoms with E-state index in [1.807, 2.05) is 0 Å². The zero-order valence-electron chi connectivity index (χ0n) is 76.3. The van der Waals surface area contributed by atoms with E-state index < -0.39 is 0 Å². The third-order valence-corrected chi connectivity index (χ3v) is 26.1. The number of aromatic nitrogens is 6. The number of benzene rings is 15. The Morgan fingerprint density at radius 1 is 0.145 bits per heavy atom. The van der Waals surface area contributed by atoms with Crippen LogP contribution in [0.5, 0.6) is 0 Å². The number of hydrogen-bond acceptors (Lipinski definition) is 0. The van der Waals surface area contributed by atoms with Crippen molar-refractivity contribution in [3.8, 4) is 34.1 Å². The molecule has 0 spiro atoms. The molecule has 0 saturated carbocycles. The minimum absolute atomic E-state index is 0.0526. The van der Waals surface area contributed by atoms with E-state index in [2.05, 4.69) is 494 Å². The van der Waals surface area contributed by atoms with Gasteiger partial charge in [0.2, 0.25) is 0 Å². The van der Waals surface area contributed by atoms with Crippen LogP contribution in [0.1, 0.15) is 184 Å². The van der Waals surface area contributed by atoms with Crippen LogP contribution in [0.4, 0.5) is 0 Å². The maximum Gasteiger partial charge on any atom is 0.0599 e. The SMILES string of the molecule is CC(C)(C)c1c(-n2c3ccccc3c3ccccc32)ccc2c3ccccc3n(-c3ccccc3)c12.CC(C)(C)c1c(-n2c3ccccc3c3ccccc32)cccc1-n1c2ccccc2c2ccccc21.CC(C)(C)c1ccc2c(c1)c1cc(C(C)(C)C)ccc1n2-c1cccc(-n2c3ccc(C(C)(C)C)cc3c3cc(C(C)(C)C)ccc32)c1C(C)(C)C. The molecule has 21 aromatic rings. The fraction of sp³-hybridized carbons (Fsp3) is 0.237. The van der Waals surface area contributed by atoms with Crippen molar-refractivity contribution in [2.24, 2.45) is 0 Å². The van der Waals surface area contributed by atoms with E-state index in [1.54, 1.807) is 0 Å². The number of para-hydroxylation sites is 8. The molecule has 0 unspecified atom stereocenters. The molecule has 21 rings (SSSR count). The molecule has 6 heteroatoms. The largest absolute Gasteiger partial charge is 0.309 e. The van der Waals surface area contributed by atoms with Crippen LogP contribution < -0.4 is 0 Å². The Hall–Kier alpha value is -12.9. The minimum Gasteiger partial charge on any atom is -0.309 e. The van der Waals surface area contributed by atoms with Crippen molar-refractivity contribution in [1.82, 2.24) is 27.4 Å². The average Bonchev–Trinajstić information content (AvgIpc) is 1.55. The third-order valence-electron chi connectivity index (χ3n) is 26.1. The lowest BCUT2D eigenvalue weighted by atomic mass is 9.83. The van der Waals surface area contributed by atoms with Gasteiger partial charge < -0.3 is 27.4 Å². The molecule has 6 nitrogen and oxygen atoms in total. The second-order valence-electron chi connectivity index (χ2n) is 41.8.